The van der Waals surface area contributed by atoms with Gasteiger partial charge in [-0.2, -0.15) is 4.31 Å². The van der Waals surface area contributed by atoms with Crippen molar-refractivity contribution in [2.45, 2.75) is 10.9 Å². The lowest BCUT2D eigenvalue weighted by Crippen LogP contribution is -2.40. The lowest BCUT2D eigenvalue weighted by molar-refractivity contribution is -0.120. The smallest absolute Gasteiger partial charge is 0.252 e. The molecule has 0 aromatic heterocycles. The van der Waals surface area contributed by atoms with Gasteiger partial charge >= 0.3 is 0 Å². The average Bonchev–Trinajstić information content (AvgIpc) is 2.73. The third-order valence-corrected chi connectivity index (χ3v) is 6.29. The maximum Gasteiger partial charge on any atom is 0.252 e. The number of sulfonamides is 1. The average molecular weight is 403 g/mol. The molecule has 2 amide bonds. The number of morpholine rings is 1. The van der Waals surface area contributed by atoms with Crippen molar-refractivity contribution in [1.82, 2.24) is 9.62 Å². The van der Waals surface area contributed by atoms with E-state index in [1.165, 1.54) is 28.6 Å². The number of carbonyl (C=O) groups is 2. The molecule has 2 aromatic rings. The minimum absolute atomic E-state index is 0.0115. The molecule has 1 aliphatic heterocycles. The maximum atomic E-state index is 12.8. The minimum Gasteiger partial charge on any atom is -0.379 e. The topological polar surface area (TPSA) is 119 Å². The molecular weight excluding hydrogens is 382 g/mol. The summed E-state index contributed by atoms with van der Waals surface area (Å²) in [6.45, 7) is 1.18. The van der Waals surface area contributed by atoms with Crippen LogP contribution in [0.4, 0.5) is 0 Å². The predicted octanol–water partition coefficient (Wildman–Crippen LogP) is 0.664. The SMILES string of the molecule is NC(=O)C(NC(=O)c1cccc(S(=O)(=O)N2CCOCC2)c1)c1ccccc1. The first kappa shape index (κ1) is 20.0. The number of nitrogens with two attached hydrogens (primary N) is 1. The van der Waals surface area contributed by atoms with Gasteiger partial charge in [-0.05, 0) is 23.8 Å². The van der Waals surface area contributed by atoms with E-state index < -0.39 is 27.9 Å². The van der Waals surface area contributed by atoms with Crippen LogP contribution in [0.25, 0.3) is 0 Å². The van der Waals surface area contributed by atoms with Crippen LogP contribution >= 0.6 is 0 Å². The Morgan fingerprint density at radius 3 is 2.36 bits per heavy atom. The number of primary amides is 1. The molecule has 0 radical (unpaired) electrons. The summed E-state index contributed by atoms with van der Waals surface area (Å²) in [5.74, 6) is -1.30. The van der Waals surface area contributed by atoms with Crippen LogP contribution in [0.3, 0.4) is 0 Å². The van der Waals surface area contributed by atoms with Gasteiger partial charge < -0.3 is 15.8 Å². The molecule has 0 spiro atoms. The second-order valence-corrected chi connectivity index (χ2v) is 8.20. The van der Waals surface area contributed by atoms with E-state index in [1.54, 1.807) is 30.3 Å². The fourth-order valence-corrected chi connectivity index (χ4v) is 4.37. The highest BCUT2D eigenvalue weighted by molar-refractivity contribution is 7.89. The Bertz CT molecular complexity index is 957. The number of hydrogen-bond donors (Lipinski definition) is 2. The third kappa shape index (κ3) is 4.38. The van der Waals surface area contributed by atoms with E-state index in [2.05, 4.69) is 5.32 Å². The van der Waals surface area contributed by atoms with E-state index >= 15 is 0 Å². The van der Waals surface area contributed by atoms with Crippen LogP contribution in [0.2, 0.25) is 0 Å². The number of benzene rings is 2. The van der Waals surface area contributed by atoms with E-state index in [4.69, 9.17) is 10.5 Å². The number of rotatable bonds is 6. The zero-order chi connectivity index (χ0) is 20.1. The van der Waals surface area contributed by atoms with Gasteiger partial charge in [-0.15, -0.1) is 0 Å². The Morgan fingerprint density at radius 1 is 1.04 bits per heavy atom. The van der Waals surface area contributed by atoms with Crippen molar-refractivity contribution in [3.63, 3.8) is 0 Å². The molecule has 9 heteroatoms. The molecule has 1 atom stereocenters. The molecule has 28 heavy (non-hydrogen) atoms. The fourth-order valence-electron chi connectivity index (χ4n) is 2.91. The number of hydrogen-bond acceptors (Lipinski definition) is 5. The van der Waals surface area contributed by atoms with Crippen LogP contribution in [0, 0.1) is 0 Å². The molecule has 1 heterocycles. The molecule has 1 fully saturated rings. The van der Waals surface area contributed by atoms with Crippen molar-refractivity contribution in [3.05, 3.63) is 65.7 Å². The highest BCUT2D eigenvalue weighted by Gasteiger charge is 2.27. The fraction of sp³-hybridized carbons (Fsp3) is 0.263. The van der Waals surface area contributed by atoms with Crippen LogP contribution < -0.4 is 11.1 Å². The highest BCUT2D eigenvalue weighted by atomic mass is 32.2. The lowest BCUT2D eigenvalue weighted by atomic mass is 10.1. The Balaban J connectivity index is 1.83. The Morgan fingerprint density at radius 2 is 1.71 bits per heavy atom. The van der Waals surface area contributed by atoms with Gasteiger partial charge in [-0.1, -0.05) is 36.4 Å². The van der Waals surface area contributed by atoms with E-state index in [-0.39, 0.29) is 23.5 Å². The van der Waals surface area contributed by atoms with Crippen molar-refractivity contribution in [1.29, 1.82) is 0 Å². The predicted molar refractivity (Wildman–Crippen MR) is 102 cm³/mol. The lowest BCUT2D eigenvalue weighted by Gasteiger charge is -2.26. The molecule has 0 aliphatic carbocycles. The molecular formula is C19H21N3O5S. The zero-order valence-corrected chi connectivity index (χ0v) is 15.9. The van der Waals surface area contributed by atoms with E-state index in [9.17, 15) is 18.0 Å². The van der Waals surface area contributed by atoms with Crippen molar-refractivity contribution in [2.75, 3.05) is 26.3 Å². The third-order valence-electron chi connectivity index (χ3n) is 4.40. The standard InChI is InChI=1S/C19H21N3O5S/c20-18(23)17(14-5-2-1-3-6-14)21-19(24)15-7-4-8-16(13-15)28(25,26)22-9-11-27-12-10-22/h1-8,13,17H,9-12H2,(H2,20,23)(H,21,24). The summed E-state index contributed by atoms with van der Waals surface area (Å²) in [5.41, 5.74) is 6.09. The van der Waals surface area contributed by atoms with E-state index in [1.807, 2.05) is 0 Å². The number of amides is 2. The van der Waals surface area contributed by atoms with Crippen LogP contribution in [-0.2, 0) is 19.6 Å². The summed E-state index contributed by atoms with van der Waals surface area (Å²) >= 11 is 0. The summed E-state index contributed by atoms with van der Waals surface area (Å²) in [6.07, 6.45) is 0. The van der Waals surface area contributed by atoms with E-state index in [0.29, 0.717) is 18.8 Å². The molecule has 1 aliphatic rings. The summed E-state index contributed by atoms with van der Waals surface area (Å²) in [7, 11) is -3.73. The molecule has 148 valence electrons. The van der Waals surface area contributed by atoms with Crippen molar-refractivity contribution < 1.29 is 22.7 Å². The second-order valence-electron chi connectivity index (χ2n) is 6.26. The Labute approximate surface area is 163 Å². The number of carbonyl (C=O) groups excluding carboxylic acids is 2. The molecule has 3 N–H and O–H groups in total. The van der Waals surface area contributed by atoms with Gasteiger partial charge in [-0.25, -0.2) is 8.42 Å². The molecule has 8 nitrogen and oxygen atoms in total. The normalized spacial score (nSPS) is 16.3. The number of nitrogens with zero attached hydrogens (tertiary/aromatic N) is 1. The Hall–Kier alpha value is -2.75. The van der Waals surface area contributed by atoms with Gasteiger partial charge in [0.25, 0.3) is 5.91 Å². The van der Waals surface area contributed by atoms with Gasteiger partial charge in [0.2, 0.25) is 15.9 Å². The van der Waals surface area contributed by atoms with Crippen molar-refractivity contribution in [2.24, 2.45) is 5.73 Å². The molecule has 1 unspecified atom stereocenters. The van der Waals surface area contributed by atoms with Gasteiger partial charge in [0.15, 0.2) is 0 Å². The zero-order valence-electron chi connectivity index (χ0n) is 15.1. The maximum absolute atomic E-state index is 12.8. The summed E-state index contributed by atoms with van der Waals surface area (Å²) in [5, 5.41) is 2.57. The van der Waals surface area contributed by atoms with Crippen molar-refractivity contribution >= 4 is 21.8 Å². The van der Waals surface area contributed by atoms with Crippen molar-refractivity contribution in [3.8, 4) is 0 Å². The second kappa shape index (κ2) is 8.51. The van der Waals surface area contributed by atoms with Crippen LogP contribution in [0.15, 0.2) is 59.5 Å². The molecule has 2 aromatic carbocycles. The van der Waals surface area contributed by atoms with Crippen LogP contribution in [-0.4, -0.2) is 50.8 Å². The van der Waals surface area contributed by atoms with Gasteiger partial charge in [0.1, 0.15) is 6.04 Å². The first-order valence-electron chi connectivity index (χ1n) is 8.72. The first-order chi connectivity index (χ1) is 13.4. The summed E-state index contributed by atoms with van der Waals surface area (Å²) < 4.78 is 32.1. The first-order valence-corrected chi connectivity index (χ1v) is 10.2. The van der Waals surface area contributed by atoms with E-state index in [0.717, 1.165) is 0 Å². The number of ether oxygens (including phenoxy) is 1. The Kier molecular flexibility index (Phi) is 6.08. The molecule has 1 saturated heterocycles. The van der Waals surface area contributed by atoms with Gasteiger partial charge in [0, 0.05) is 18.7 Å². The highest BCUT2D eigenvalue weighted by Crippen LogP contribution is 2.19. The molecule has 3 rings (SSSR count). The van der Waals surface area contributed by atoms with Gasteiger partial charge in [0.05, 0.1) is 18.1 Å². The summed E-state index contributed by atoms with van der Waals surface area (Å²) in [4.78, 5) is 24.4. The van der Waals surface area contributed by atoms with Crippen LogP contribution in [0.1, 0.15) is 22.0 Å². The monoisotopic (exact) mass is 403 g/mol. The number of nitrogens with one attached hydrogen (secondary N) is 1. The van der Waals surface area contributed by atoms with Gasteiger partial charge in [-0.3, -0.25) is 9.59 Å². The quantitative estimate of drug-likeness (QED) is 0.735. The van der Waals surface area contributed by atoms with Crippen LogP contribution in [0.5, 0.6) is 0 Å². The summed E-state index contributed by atoms with van der Waals surface area (Å²) in [6, 6.07) is 13.3. The largest absolute Gasteiger partial charge is 0.379 e. The molecule has 0 bridgehead atoms. The minimum atomic E-state index is -3.73. The molecule has 0 saturated carbocycles.